The molecule has 0 aliphatic heterocycles. The molecule has 1 aromatic heterocycles. The molecule has 0 fully saturated rings. The van der Waals surface area contributed by atoms with Gasteiger partial charge in [-0.1, -0.05) is 24.3 Å². The Labute approximate surface area is 171 Å². The minimum Gasteiger partial charge on any atom is -0.493 e. The number of para-hydroxylation sites is 4. The van der Waals surface area contributed by atoms with E-state index in [2.05, 4.69) is 25.6 Å². The number of aromatic amines is 1. The number of guanidine groups is 1. The largest absolute Gasteiger partial charge is 0.493 e. The van der Waals surface area contributed by atoms with E-state index < -0.39 is 0 Å². The number of imidazole rings is 1. The van der Waals surface area contributed by atoms with E-state index in [1.54, 1.807) is 14.2 Å². The van der Waals surface area contributed by atoms with Gasteiger partial charge < -0.3 is 25.1 Å². The van der Waals surface area contributed by atoms with E-state index in [1.165, 1.54) is 0 Å². The first-order valence-electron chi connectivity index (χ1n) is 9.87. The molecule has 3 N–H and O–H groups in total. The van der Waals surface area contributed by atoms with E-state index in [9.17, 15) is 0 Å². The average molecular weight is 396 g/mol. The SMILES string of the molecule is CN=C(NCCCc1nc2ccccc2[nH]1)NCC(C)Oc1ccccc1OC. The van der Waals surface area contributed by atoms with Gasteiger partial charge in [-0.3, -0.25) is 4.99 Å². The van der Waals surface area contributed by atoms with Crippen LogP contribution < -0.4 is 20.1 Å². The molecule has 1 unspecified atom stereocenters. The zero-order valence-corrected chi connectivity index (χ0v) is 17.2. The molecule has 2 aromatic carbocycles. The molecule has 0 radical (unpaired) electrons. The molecule has 29 heavy (non-hydrogen) atoms. The van der Waals surface area contributed by atoms with E-state index in [4.69, 9.17) is 9.47 Å². The van der Waals surface area contributed by atoms with Gasteiger partial charge in [-0.25, -0.2) is 4.98 Å². The van der Waals surface area contributed by atoms with Crippen molar-refractivity contribution in [1.82, 2.24) is 20.6 Å². The van der Waals surface area contributed by atoms with Gasteiger partial charge in [0.1, 0.15) is 11.9 Å². The summed E-state index contributed by atoms with van der Waals surface area (Å²) < 4.78 is 11.3. The Hall–Kier alpha value is -3.22. The third-order valence-corrected chi connectivity index (χ3v) is 4.50. The van der Waals surface area contributed by atoms with E-state index in [1.807, 2.05) is 55.5 Å². The predicted octanol–water partition coefficient (Wildman–Crippen LogP) is 3.14. The fraction of sp³-hybridized carbons (Fsp3) is 0.364. The molecule has 7 heteroatoms. The smallest absolute Gasteiger partial charge is 0.191 e. The van der Waals surface area contributed by atoms with Crippen LogP contribution in [0.4, 0.5) is 0 Å². The predicted molar refractivity (Wildman–Crippen MR) is 117 cm³/mol. The molecule has 3 aromatic rings. The Morgan fingerprint density at radius 3 is 2.62 bits per heavy atom. The van der Waals surface area contributed by atoms with Gasteiger partial charge >= 0.3 is 0 Å². The molecular formula is C22H29N5O2. The molecule has 0 aliphatic carbocycles. The van der Waals surface area contributed by atoms with Crippen LogP contribution in [0.5, 0.6) is 11.5 Å². The van der Waals surface area contributed by atoms with Gasteiger partial charge in [-0.05, 0) is 37.6 Å². The van der Waals surface area contributed by atoms with Crippen LogP contribution in [-0.4, -0.2) is 49.3 Å². The topological polar surface area (TPSA) is 83.6 Å². The standard InChI is InChI=1S/C22H29N5O2/c1-16(29-20-12-7-6-11-19(20)28-3)15-25-22(23-2)24-14-8-13-21-26-17-9-4-5-10-18(17)27-21/h4-7,9-12,16H,8,13-15H2,1-3H3,(H,26,27)(H2,23,24,25). The van der Waals surface area contributed by atoms with Crippen molar-refractivity contribution < 1.29 is 9.47 Å². The van der Waals surface area contributed by atoms with Gasteiger partial charge in [0.25, 0.3) is 0 Å². The number of nitrogens with one attached hydrogen (secondary N) is 3. The Bertz CT molecular complexity index is 905. The molecule has 0 amide bonds. The highest BCUT2D eigenvalue weighted by Gasteiger charge is 2.09. The summed E-state index contributed by atoms with van der Waals surface area (Å²) in [6, 6.07) is 15.7. The summed E-state index contributed by atoms with van der Waals surface area (Å²) in [5.74, 6) is 3.23. The van der Waals surface area contributed by atoms with E-state index in [-0.39, 0.29) is 6.10 Å². The third kappa shape index (κ3) is 5.88. The van der Waals surface area contributed by atoms with Crippen molar-refractivity contribution in [2.24, 2.45) is 4.99 Å². The van der Waals surface area contributed by atoms with Crippen molar-refractivity contribution in [3.8, 4) is 11.5 Å². The second kappa shape index (κ2) is 10.4. The van der Waals surface area contributed by atoms with Gasteiger partial charge in [-0.2, -0.15) is 0 Å². The van der Waals surface area contributed by atoms with Crippen LogP contribution >= 0.6 is 0 Å². The Morgan fingerprint density at radius 1 is 1.10 bits per heavy atom. The molecule has 154 valence electrons. The van der Waals surface area contributed by atoms with Crippen molar-refractivity contribution in [1.29, 1.82) is 0 Å². The first kappa shape index (κ1) is 20.5. The summed E-state index contributed by atoms with van der Waals surface area (Å²) in [5.41, 5.74) is 2.09. The number of hydrogen-bond acceptors (Lipinski definition) is 4. The van der Waals surface area contributed by atoms with Crippen molar-refractivity contribution in [2.75, 3.05) is 27.2 Å². The maximum absolute atomic E-state index is 5.96. The number of hydrogen-bond donors (Lipinski definition) is 3. The lowest BCUT2D eigenvalue weighted by Crippen LogP contribution is -2.42. The van der Waals surface area contributed by atoms with Gasteiger partial charge in [0.15, 0.2) is 17.5 Å². The van der Waals surface area contributed by atoms with E-state index in [0.29, 0.717) is 6.54 Å². The fourth-order valence-corrected chi connectivity index (χ4v) is 3.02. The Morgan fingerprint density at radius 2 is 1.86 bits per heavy atom. The van der Waals surface area contributed by atoms with Crippen LogP contribution in [-0.2, 0) is 6.42 Å². The maximum Gasteiger partial charge on any atom is 0.191 e. The second-order valence-electron chi connectivity index (χ2n) is 6.76. The minimum absolute atomic E-state index is 0.0413. The highest BCUT2D eigenvalue weighted by Crippen LogP contribution is 2.26. The van der Waals surface area contributed by atoms with Gasteiger partial charge in [0.05, 0.1) is 24.7 Å². The number of fused-ring (bicyclic) bond motifs is 1. The number of nitrogens with zero attached hydrogens (tertiary/aromatic N) is 2. The highest BCUT2D eigenvalue weighted by atomic mass is 16.5. The molecule has 0 aliphatic rings. The Balaban J connectivity index is 1.38. The van der Waals surface area contributed by atoms with Crippen LogP contribution in [0, 0.1) is 0 Å². The second-order valence-corrected chi connectivity index (χ2v) is 6.76. The summed E-state index contributed by atoms with van der Waals surface area (Å²) >= 11 is 0. The van der Waals surface area contributed by atoms with Crippen LogP contribution in [0.2, 0.25) is 0 Å². The first-order chi connectivity index (χ1) is 14.2. The van der Waals surface area contributed by atoms with Gasteiger partial charge in [-0.15, -0.1) is 0 Å². The quantitative estimate of drug-likeness (QED) is 0.295. The number of ether oxygens (including phenoxy) is 2. The van der Waals surface area contributed by atoms with Crippen LogP contribution in [0.3, 0.4) is 0 Å². The Kier molecular flexibility index (Phi) is 7.33. The van der Waals surface area contributed by atoms with Crippen molar-refractivity contribution in [3.05, 3.63) is 54.4 Å². The molecule has 0 spiro atoms. The minimum atomic E-state index is -0.0413. The molecule has 7 nitrogen and oxygen atoms in total. The molecule has 0 saturated carbocycles. The number of aliphatic imine (C=N–C) groups is 1. The molecular weight excluding hydrogens is 366 g/mol. The number of benzene rings is 2. The molecule has 0 bridgehead atoms. The summed E-state index contributed by atoms with van der Waals surface area (Å²) in [4.78, 5) is 12.2. The number of aryl methyl sites for hydroxylation is 1. The highest BCUT2D eigenvalue weighted by molar-refractivity contribution is 5.79. The lowest BCUT2D eigenvalue weighted by molar-refractivity contribution is 0.213. The van der Waals surface area contributed by atoms with Crippen LogP contribution in [0.1, 0.15) is 19.2 Å². The van der Waals surface area contributed by atoms with Crippen molar-refractivity contribution >= 4 is 17.0 Å². The summed E-state index contributed by atoms with van der Waals surface area (Å²) in [7, 11) is 3.41. The van der Waals surface area contributed by atoms with Gasteiger partial charge in [0, 0.05) is 20.0 Å². The molecule has 1 heterocycles. The first-order valence-corrected chi connectivity index (χ1v) is 9.87. The molecule has 3 rings (SSSR count). The van der Waals surface area contributed by atoms with Gasteiger partial charge in [0.2, 0.25) is 0 Å². The summed E-state index contributed by atoms with van der Waals surface area (Å²) in [6.07, 6.45) is 1.79. The lowest BCUT2D eigenvalue weighted by atomic mass is 10.3. The lowest BCUT2D eigenvalue weighted by Gasteiger charge is -2.19. The average Bonchev–Trinajstić information content (AvgIpc) is 3.16. The van der Waals surface area contributed by atoms with Crippen molar-refractivity contribution in [2.45, 2.75) is 25.9 Å². The van der Waals surface area contributed by atoms with Crippen LogP contribution in [0.15, 0.2) is 53.5 Å². The van der Waals surface area contributed by atoms with E-state index >= 15 is 0 Å². The normalized spacial score (nSPS) is 12.6. The number of rotatable bonds is 9. The van der Waals surface area contributed by atoms with Crippen molar-refractivity contribution in [3.63, 3.8) is 0 Å². The fourth-order valence-electron chi connectivity index (χ4n) is 3.02. The molecule has 1 atom stereocenters. The van der Waals surface area contributed by atoms with Crippen LogP contribution in [0.25, 0.3) is 11.0 Å². The summed E-state index contributed by atoms with van der Waals surface area (Å²) in [5, 5.41) is 6.63. The van der Waals surface area contributed by atoms with E-state index in [0.717, 1.165) is 53.7 Å². The zero-order chi connectivity index (χ0) is 20.5. The maximum atomic E-state index is 5.96. The number of aromatic nitrogens is 2. The number of methoxy groups -OCH3 is 1. The third-order valence-electron chi connectivity index (χ3n) is 4.50. The number of H-pyrrole nitrogens is 1. The zero-order valence-electron chi connectivity index (χ0n) is 17.2. The monoisotopic (exact) mass is 395 g/mol. The molecule has 0 saturated heterocycles. The summed E-state index contributed by atoms with van der Waals surface area (Å²) in [6.45, 7) is 3.44.